The Kier molecular flexibility index (Phi) is 3.87. The lowest BCUT2D eigenvalue weighted by atomic mass is 9.92. The van der Waals surface area contributed by atoms with Gasteiger partial charge < -0.3 is 9.73 Å². The molecule has 0 saturated heterocycles. The highest BCUT2D eigenvalue weighted by Gasteiger charge is 2.16. The van der Waals surface area contributed by atoms with Gasteiger partial charge >= 0.3 is 0 Å². The van der Waals surface area contributed by atoms with Gasteiger partial charge in [0.25, 0.3) is 0 Å². The zero-order chi connectivity index (χ0) is 15.7. The number of hydrogen-bond acceptors (Lipinski definition) is 6. The summed E-state index contributed by atoms with van der Waals surface area (Å²) in [6.45, 7) is 9.17. The van der Waals surface area contributed by atoms with Crippen LogP contribution in [-0.4, -0.2) is 15.2 Å². The van der Waals surface area contributed by atoms with Crippen molar-refractivity contribution in [3.63, 3.8) is 0 Å². The maximum Gasteiger partial charge on any atom is 0.195 e. The Morgan fingerprint density at radius 3 is 2.73 bits per heavy atom. The molecular weight excluding hydrogens is 296 g/mol. The number of benzene rings is 1. The maximum absolute atomic E-state index is 5.81. The average Bonchev–Trinajstić information content (AvgIpc) is 2.99. The third kappa shape index (κ3) is 3.62. The number of aryl methyl sites for hydroxylation is 1. The van der Waals surface area contributed by atoms with Crippen LogP contribution >= 0.6 is 11.3 Å². The first-order valence-corrected chi connectivity index (χ1v) is 8.13. The molecule has 3 aromatic rings. The average molecular weight is 316 g/mol. The summed E-state index contributed by atoms with van der Waals surface area (Å²) < 4.78 is 5.81. The standard InChI is InChI=1S/C16H20N4OS/c1-10-19-20-15(22-10)9-17-11-5-6-13-12(7-11)18-14(21-13)8-16(2,3)4/h5-7,17H,8-9H2,1-4H3. The van der Waals surface area contributed by atoms with Crippen LogP contribution in [-0.2, 0) is 13.0 Å². The van der Waals surface area contributed by atoms with Gasteiger partial charge in [0.1, 0.15) is 15.5 Å². The van der Waals surface area contributed by atoms with Crippen LogP contribution in [0.25, 0.3) is 11.1 Å². The van der Waals surface area contributed by atoms with Crippen molar-refractivity contribution in [1.82, 2.24) is 15.2 Å². The van der Waals surface area contributed by atoms with Crippen LogP contribution in [0.4, 0.5) is 5.69 Å². The number of hydrogen-bond donors (Lipinski definition) is 1. The molecule has 5 nitrogen and oxygen atoms in total. The fourth-order valence-corrected chi connectivity index (χ4v) is 2.85. The lowest BCUT2D eigenvalue weighted by Gasteiger charge is -2.14. The van der Waals surface area contributed by atoms with Crippen LogP contribution in [0, 0.1) is 12.3 Å². The Labute approximate surface area is 133 Å². The largest absolute Gasteiger partial charge is 0.441 e. The van der Waals surface area contributed by atoms with Crippen LogP contribution in [0.1, 0.15) is 36.7 Å². The lowest BCUT2D eigenvalue weighted by Crippen LogP contribution is -2.09. The van der Waals surface area contributed by atoms with Crippen molar-refractivity contribution in [3.8, 4) is 0 Å². The maximum atomic E-state index is 5.81. The quantitative estimate of drug-likeness (QED) is 0.782. The van der Waals surface area contributed by atoms with Crippen molar-refractivity contribution in [2.45, 2.75) is 40.7 Å². The summed E-state index contributed by atoms with van der Waals surface area (Å²) in [4.78, 5) is 4.59. The van der Waals surface area contributed by atoms with Crippen LogP contribution in [0.3, 0.4) is 0 Å². The summed E-state index contributed by atoms with van der Waals surface area (Å²) in [7, 11) is 0. The molecule has 1 N–H and O–H groups in total. The van der Waals surface area contributed by atoms with Gasteiger partial charge in [0.05, 0.1) is 6.54 Å². The van der Waals surface area contributed by atoms with Gasteiger partial charge in [-0.05, 0) is 30.5 Å². The Balaban J connectivity index is 1.74. The molecule has 0 atom stereocenters. The monoisotopic (exact) mass is 316 g/mol. The number of fused-ring (bicyclic) bond motifs is 1. The Morgan fingerprint density at radius 2 is 2.05 bits per heavy atom. The smallest absolute Gasteiger partial charge is 0.195 e. The van der Waals surface area contributed by atoms with Crippen molar-refractivity contribution < 1.29 is 4.42 Å². The SMILES string of the molecule is Cc1nnc(CNc2ccc3oc(CC(C)(C)C)nc3c2)s1. The van der Waals surface area contributed by atoms with Crippen molar-refractivity contribution in [1.29, 1.82) is 0 Å². The van der Waals surface area contributed by atoms with E-state index in [4.69, 9.17) is 4.42 Å². The third-order valence-electron chi connectivity index (χ3n) is 3.13. The summed E-state index contributed by atoms with van der Waals surface area (Å²) in [5.74, 6) is 0.791. The molecule has 2 heterocycles. The first kappa shape index (κ1) is 15.0. The van der Waals surface area contributed by atoms with Crippen molar-refractivity contribution in [2.75, 3.05) is 5.32 Å². The van der Waals surface area contributed by atoms with Crippen molar-refractivity contribution in [3.05, 3.63) is 34.1 Å². The summed E-state index contributed by atoms with van der Waals surface area (Å²) in [6, 6.07) is 5.98. The van der Waals surface area contributed by atoms with Crippen LogP contribution < -0.4 is 5.32 Å². The van der Waals surface area contributed by atoms with Crippen LogP contribution in [0.2, 0.25) is 0 Å². The minimum absolute atomic E-state index is 0.164. The molecule has 116 valence electrons. The van der Waals surface area contributed by atoms with Gasteiger partial charge in [-0.1, -0.05) is 32.1 Å². The molecule has 0 spiro atoms. The predicted octanol–water partition coefficient (Wildman–Crippen LogP) is 4.19. The number of oxazole rings is 1. The van der Waals surface area contributed by atoms with E-state index in [0.29, 0.717) is 6.54 Å². The first-order valence-electron chi connectivity index (χ1n) is 7.31. The summed E-state index contributed by atoms with van der Waals surface area (Å²) >= 11 is 1.60. The zero-order valence-electron chi connectivity index (χ0n) is 13.3. The number of aromatic nitrogens is 3. The molecule has 0 aliphatic rings. The van der Waals surface area contributed by atoms with E-state index in [1.165, 1.54) is 0 Å². The van der Waals surface area contributed by atoms with Gasteiger partial charge in [0, 0.05) is 12.1 Å². The van der Waals surface area contributed by atoms with Crippen LogP contribution in [0.15, 0.2) is 22.6 Å². The Morgan fingerprint density at radius 1 is 1.23 bits per heavy atom. The fourth-order valence-electron chi connectivity index (χ4n) is 2.20. The molecule has 0 radical (unpaired) electrons. The van der Waals surface area contributed by atoms with Gasteiger partial charge in [-0.3, -0.25) is 0 Å². The number of nitrogens with zero attached hydrogens (tertiary/aromatic N) is 3. The van der Waals surface area contributed by atoms with E-state index in [1.54, 1.807) is 11.3 Å². The second-order valence-corrected chi connectivity index (χ2v) is 7.86. The molecule has 0 amide bonds. The van der Waals surface area contributed by atoms with Crippen LogP contribution in [0.5, 0.6) is 0 Å². The highest BCUT2D eigenvalue weighted by Crippen LogP contribution is 2.25. The molecule has 0 aliphatic heterocycles. The van der Waals surface area contributed by atoms with E-state index in [0.717, 1.165) is 39.1 Å². The van der Waals surface area contributed by atoms with Crippen molar-refractivity contribution >= 4 is 28.1 Å². The van der Waals surface area contributed by atoms with Gasteiger partial charge in [-0.15, -0.1) is 10.2 Å². The second kappa shape index (κ2) is 5.68. The highest BCUT2D eigenvalue weighted by atomic mass is 32.1. The lowest BCUT2D eigenvalue weighted by molar-refractivity contribution is 0.362. The topological polar surface area (TPSA) is 63.8 Å². The predicted molar refractivity (Wildman–Crippen MR) is 89.1 cm³/mol. The van der Waals surface area contributed by atoms with Gasteiger partial charge in [0.2, 0.25) is 0 Å². The van der Waals surface area contributed by atoms with E-state index in [2.05, 4.69) is 41.3 Å². The molecule has 3 rings (SSSR count). The Hall–Kier alpha value is -1.95. The van der Waals surface area contributed by atoms with E-state index < -0.39 is 0 Å². The van der Waals surface area contributed by atoms with Gasteiger partial charge in [-0.2, -0.15) is 0 Å². The molecule has 0 aliphatic carbocycles. The molecule has 2 aromatic heterocycles. The minimum Gasteiger partial charge on any atom is -0.441 e. The number of rotatable bonds is 4. The molecule has 1 aromatic carbocycles. The van der Waals surface area contributed by atoms with E-state index in [-0.39, 0.29) is 5.41 Å². The van der Waals surface area contributed by atoms with Gasteiger partial charge in [0.15, 0.2) is 11.5 Å². The molecule has 0 fully saturated rings. The van der Waals surface area contributed by atoms with E-state index >= 15 is 0 Å². The normalized spacial score (nSPS) is 12.0. The van der Waals surface area contributed by atoms with Crippen molar-refractivity contribution in [2.24, 2.45) is 5.41 Å². The third-order valence-corrected chi connectivity index (χ3v) is 3.96. The Bertz CT molecular complexity index is 785. The number of anilines is 1. The molecular formula is C16H20N4OS. The van der Waals surface area contributed by atoms with Gasteiger partial charge in [-0.25, -0.2) is 4.98 Å². The molecule has 6 heteroatoms. The molecule has 0 saturated carbocycles. The summed E-state index contributed by atoms with van der Waals surface area (Å²) in [5, 5.41) is 13.4. The molecule has 0 unspecified atom stereocenters. The zero-order valence-corrected chi connectivity index (χ0v) is 14.1. The van der Waals surface area contributed by atoms with E-state index in [1.807, 2.05) is 25.1 Å². The van der Waals surface area contributed by atoms with E-state index in [9.17, 15) is 0 Å². The summed E-state index contributed by atoms with van der Waals surface area (Å²) in [5.41, 5.74) is 2.89. The first-order chi connectivity index (χ1) is 10.4. The second-order valence-electron chi connectivity index (χ2n) is 6.60. The molecule has 0 bridgehead atoms. The highest BCUT2D eigenvalue weighted by molar-refractivity contribution is 7.11. The minimum atomic E-state index is 0.164. The number of nitrogens with one attached hydrogen (secondary N) is 1. The summed E-state index contributed by atoms with van der Waals surface area (Å²) in [6.07, 6.45) is 0.828. The fraction of sp³-hybridized carbons (Fsp3) is 0.438. The molecule has 22 heavy (non-hydrogen) atoms.